The zero-order chi connectivity index (χ0) is 24.8. The monoisotopic (exact) mass is 491 g/mol. The second-order valence-corrected chi connectivity index (χ2v) is 10.8. The molecule has 2 aromatic carbocycles. The molecule has 0 radical (unpaired) electrons. The highest BCUT2D eigenvalue weighted by Crippen LogP contribution is 2.49. The van der Waals surface area contributed by atoms with Gasteiger partial charge in [0.2, 0.25) is 5.91 Å². The number of carbonyl (C=O) groups excluding carboxylic acids is 1. The van der Waals surface area contributed by atoms with Crippen LogP contribution in [0.3, 0.4) is 0 Å². The first-order valence-corrected chi connectivity index (χ1v) is 12.6. The zero-order valence-electron chi connectivity index (χ0n) is 20.0. The second-order valence-electron chi connectivity index (χ2n) is 10.8. The third-order valence-electron chi connectivity index (χ3n) is 8.10. The van der Waals surface area contributed by atoms with E-state index in [-0.39, 0.29) is 23.6 Å². The number of imidazole rings is 1. The number of amidine groups is 1. The first-order valence-electron chi connectivity index (χ1n) is 12.6. The number of halogens is 2. The summed E-state index contributed by atoms with van der Waals surface area (Å²) in [6, 6.07) is 9.29. The van der Waals surface area contributed by atoms with Gasteiger partial charge in [0.15, 0.2) is 6.23 Å². The summed E-state index contributed by atoms with van der Waals surface area (Å²) in [4.78, 5) is 25.4. The molecule has 4 aliphatic rings. The van der Waals surface area contributed by atoms with Crippen molar-refractivity contribution < 1.29 is 18.7 Å². The molecule has 3 aromatic rings. The van der Waals surface area contributed by atoms with Crippen LogP contribution < -0.4 is 0 Å². The van der Waals surface area contributed by atoms with Gasteiger partial charge >= 0.3 is 0 Å². The van der Waals surface area contributed by atoms with Crippen molar-refractivity contribution in [2.75, 3.05) is 19.6 Å². The van der Waals surface area contributed by atoms with Gasteiger partial charge in [-0.3, -0.25) is 9.79 Å². The van der Waals surface area contributed by atoms with Crippen LogP contribution >= 0.6 is 0 Å². The second kappa shape index (κ2) is 7.59. The highest BCUT2D eigenvalue weighted by molar-refractivity contribution is 6.01. The Balaban J connectivity index is 1.16. The minimum Gasteiger partial charge on any atom is -0.371 e. The molecule has 1 aromatic heterocycles. The van der Waals surface area contributed by atoms with E-state index in [1.54, 1.807) is 29.8 Å². The summed E-state index contributed by atoms with van der Waals surface area (Å²) in [7, 11) is 1.78. The van der Waals surface area contributed by atoms with Gasteiger partial charge in [0.05, 0.1) is 16.6 Å². The van der Waals surface area contributed by atoms with E-state index in [1.807, 2.05) is 9.80 Å². The minimum absolute atomic E-state index is 0.207. The van der Waals surface area contributed by atoms with Gasteiger partial charge in [-0.2, -0.15) is 0 Å². The van der Waals surface area contributed by atoms with Gasteiger partial charge in [-0.25, -0.2) is 13.8 Å². The summed E-state index contributed by atoms with van der Waals surface area (Å²) >= 11 is 0. The summed E-state index contributed by atoms with van der Waals surface area (Å²) in [5.74, 6) is 0.896. The maximum absolute atomic E-state index is 15.6. The molecule has 1 spiro atoms. The van der Waals surface area contributed by atoms with E-state index in [9.17, 15) is 14.3 Å². The Bertz CT molecular complexity index is 1440. The predicted octanol–water partition coefficient (Wildman–Crippen LogP) is 3.30. The molecule has 2 aliphatic carbocycles. The molecular formula is C27H27F2N5O2. The molecule has 36 heavy (non-hydrogen) atoms. The van der Waals surface area contributed by atoms with Gasteiger partial charge in [0.25, 0.3) is 0 Å². The van der Waals surface area contributed by atoms with E-state index in [1.165, 1.54) is 18.2 Å². The van der Waals surface area contributed by atoms with Crippen LogP contribution in [0.4, 0.5) is 8.78 Å². The zero-order valence-corrected chi connectivity index (χ0v) is 20.0. The number of rotatable bonds is 5. The smallest absolute Gasteiger partial charge is 0.225 e. The maximum Gasteiger partial charge on any atom is 0.225 e. The van der Waals surface area contributed by atoms with Crippen molar-refractivity contribution >= 4 is 22.8 Å². The summed E-state index contributed by atoms with van der Waals surface area (Å²) in [6.45, 7) is 1.88. The van der Waals surface area contributed by atoms with Crippen molar-refractivity contribution in [1.29, 1.82) is 0 Å². The SMILES string of the molecule is Cn1c(-c2ccc(C3=NC4(CC4)C(O)N3CC3CN(C(=O)C4CC4)C3)c(F)c2)nc2ccc(F)cc21. The third-order valence-corrected chi connectivity index (χ3v) is 8.10. The molecule has 1 N–H and O–H groups in total. The molecule has 2 aliphatic heterocycles. The van der Waals surface area contributed by atoms with Crippen LogP contribution in [0.25, 0.3) is 22.4 Å². The molecule has 186 valence electrons. The van der Waals surface area contributed by atoms with Crippen LogP contribution in [0.5, 0.6) is 0 Å². The van der Waals surface area contributed by atoms with Gasteiger partial charge in [0.1, 0.15) is 28.8 Å². The number of benzene rings is 2. The number of aliphatic imine (C=N–C) groups is 1. The lowest BCUT2D eigenvalue weighted by atomic mass is 9.97. The van der Waals surface area contributed by atoms with Crippen LogP contribution in [0.2, 0.25) is 0 Å². The minimum atomic E-state index is -0.783. The standard InChI is InChI=1S/C27H27F2N5O2/c1-32-22-11-18(28)5-7-21(22)30-23(32)17-4-6-19(20(29)10-17)24-31-27(8-9-27)26(36)34(24)14-15-12-33(13-15)25(35)16-2-3-16/h4-7,10-11,15-16,26,36H,2-3,8-9,12-14H2,1H3. The van der Waals surface area contributed by atoms with Crippen molar-refractivity contribution in [3.63, 3.8) is 0 Å². The van der Waals surface area contributed by atoms with E-state index in [0.717, 1.165) is 25.7 Å². The maximum atomic E-state index is 15.6. The average molecular weight is 492 g/mol. The van der Waals surface area contributed by atoms with E-state index < -0.39 is 17.6 Å². The molecule has 2 saturated carbocycles. The Morgan fingerprint density at radius 1 is 1.14 bits per heavy atom. The van der Waals surface area contributed by atoms with E-state index in [4.69, 9.17) is 4.99 Å². The van der Waals surface area contributed by atoms with Gasteiger partial charge in [-0.05, 0) is 56.0 Å². The Labute approximate surface area is 207 Å². The normalized spacial score (nSPS) is 22.9. The topological polar surface area (TPSA) is 74.0 Å². The summed E-state index contributed by atoms with van der Waals surface area (Å²) < 4.78 is 31.0. The lowest BCUT2D eigenvalue weighted by Crippen LogP contribution is -2.56. The van der Waals surface area contributed by atoms with E-state index in [2.05, 4.69) is 4.98 Å². The number of carbonyl (C=O) groups is 1. The Hall–Kier alpha value is -3.33. The Kier molecular flexibility index (Phi) is 4.62. The van der Waals surface area contributed by atoms with Gasteiger partial charge in [0, 0.05) is 44.1 Å². The highest BCUT2D eigenvalue weighted by Gasteiger charge is 2.57. The lowest BCUT2D eigenvalue weighted by Gasteiger charge is -2.42. The van der Waals surface area contributed by atoms with Crippen LogP contribution in [-0.4, -0.2) is 67.6 Å². The number of fused-ring (bicyclic) bond motifs is 1. The van der Waals surface area contributed by atoms with Gasteiger partial charge < -0.3 is 19.5 Å². The molecule has 3 heterocycles. The molecule has 0 bridgehead atoms. The number of likely N-dealkylation sites (tertiary alicyclic amines) is 1. The average Bonchev–Trinajstić information content (AvgIpc) is 3.75. The Morgan fingerprint density at radius 2 is 1.92 bits per heavy atom. The predicted molar refractivity (Wildman–Crippen MR) is 130 cm³/mol. The fraction of sp³-hybridized carbons (Fsp3) is 0.444. The molecule has 1 amide bonds. The van der Waals surface area contributed by atoms with Crippen molar-refractivity contribution in [3.8, 4) is 11.4 Å². The van der Waals surface area contributed by atoms with Crippen LogP contribution in [0.1, 0.15) is 31.2 Å². The number of aliphatic hydroxyl groups excluding tert-OH is 1. The largest absolute Gasteiger partial charge is 0.371 e. The lowest BCUT2D eigenvalue weighted by molar-refractivity contribution is -0.139. The number of hydrogen-bond acceptors (Lipinski definition) is 5. The van der Waals surface area contributed by atoms with Gasteiger partial charge in [-0.15, -0.1) is 0 Å². The fourth-order valence-electron chi connectivity index (χ4n) is 5.63. The molecule has 1 atom stereocenters. The molecule has 3 fully saturated rings. The first kappa shape index (κ1) is 21.9. The van der Waals surface area contributed by atoms with Crippen LogP contribution in [-0.2, 0) is 11.8 Å². The molecular weight excluding hydrogens is 464 g/mol. The van der Waals surface area contributed by atoms with Crippen molar-refractivity contribution in [2.45, 2.75) is 37.5 Å². The number of aliphatic hydroxyl groups is 1. The third kappa shape index (κ3) is 3.36. The first-order chi connectivity index (χ1) is 17.3. The number of aromatic nitrogens is 2. The van der Waals surface area contributed by atoms with Gasteiger partial charge in [-0.1, -0.05) is 6.07 Å². The van der Waals surface area contributed by atoms with E-state index in [0.29, 0.717) is 53.5 Å². The number of amides is 1. The van der Waals surface area contributed by atoms with Crippen LogP contribution in [0.15, 0.2) is 41.4 Å². The molecule has 7 rings (SSSR count). The van der Waals surface area contributed by atoms with Crippen molar-refractivity contribution in [1.82, 2.24) is 19.4 Å². The van der Waals surface area contributed by atoms with Crippen molar-refractivity contribution in [2.24, 2.45) is 23.9 Å². The summed E-state index contributed by atoms with van der Waals surface area (Å²) in [5.41, 5.74) is 1.65. The summed E-state index contributed by atoms with van der Waals surface area (Å²) in [5, 5.41) is 11.1. The molecule has 1 unspecified atom stereocenters. The molecule has 7 nitrogen and oxygen atoms in total. The molecule has 9 heteroatoms. The van der Waals surface area contributed by atoms with E-state index >= 15 is 4.39 Å². The Morgan fingerprint density at radius 3 is 2.61 bits per heavy atom. The highest BCUT2D eigenvalue weighted by atomic mass is 19.1. The summed E-state index contributed by atoms with van der Waals surface area (Å²) in [6.07, 6.45) is 2.76. The quantitative estimate of drug-likeness (QED) is 0.595. The fourth-order valence-corrected chi connectivity index (χ4v) is 5.63. The van der Waals surface area contributed by atoms with Crippen LogP contribution in [0, 0.1) is 23.5 Å². The van der Waals surface area contributed by atoms with Crippen molar-refractivity contribution in [3.05, 3.63) is 53.6 Å². The number of nitrogens with zero attached hydrogens (tertiary/aromatic N) is 5. The number of aryl methyl sites for hydroxylation is 1. The molecule has 1 saturated heterocycles. The number of hydrogen-bond donors (Lipinski definition) is 1.